The number of nitro groups is 1. The lowest BCUT2D eigenvalue weighted by atomic mass is 10.1. The first-order valence-electron chi connectivity index (χ1n) is 7.75. The highest BCUT2D eigenvalue weighted by molar-refractivity contribution is 6.30. The van der Waals surface area contributed by atoms with Crippen molar-refractivity contribution < 1.29 is 9.72 Å². The van der Waals surface area contributed by atoms with Crippen molar-refractivity contribution in [3.8, 4) is 0 Å². The molecule has 7 nitrogen and oxygen atoms in total. The summed E-state index contributed by atoms with van der Waals surface area (Å²) in [6.07, 6.45) is 3.27. The number of nitro benzene ring substituents is 1. The minimum Gasteiger partial charge on any atom is -0.322 e. The maximum atomic E-state index is 12.4. The molecule has 3 aromatic rings. The van der Waals surface area contributed by atoms with E-state index in [0.29, 0.717) is 28.4 Å². The highest BCUT2D eigenvalue weighted by Crippen LogP contribution is 2.20. The summed E-state index contributed by atoms with van der Waals surface area (Å²) >= 11 is 5.86. The van der Waals surface area contributed by atoms with E-state index in [1.807, 2.05) is 18.2 Å². The van der Waals surface area contributed by atoms with E-state index < -0.39 is 4.92 Å². The van der Waals surface area contributed by atoms with E-state index in [1.165, 1.54) is 18.2 Å². The number of nitrogens with zero attached hydrogens (tertiary/aromatic N) is 3. The molecule has 0 atom stereocenters. The molecule has 0 saturated carbocycles. The number of hydrogen-bond donors (Lipinski definition) is 1. The first-order valence-corrected chi connectivity index (χ1v) is 8.13. The smallest absolute Gasteiger partial charge is 0.272 e. The molecule has 0 spiro atoms. The van der Waals surface area contributed by atoms with Gasteiger partial charge in [-0.2, -0.15) is 5.10 Å². The number of benzene rings is 2. The van der Waals surface area contributed by atoms with E-state index in [1.54, 1.807) is 30.1 Å². The largest absolute Gasteiger partial charge is 0.322 e. The Morgan fingerprint density at radius 2 is 2.12 bits per heavy atom. The molecule has 1 heterocycles. The van der Waals surface area contributed by atoms with Crippen LogP contribution in [-0.2, 0) is 6.54 Å². The molecule has 0 bridgehead atoms. The van der Waals surface area contributed by atoms with Gasteiger partial charge in [0.2, 0.25) is 0 Å². The number of halogens is 1. The van der Waals surface area contributed by atoms with Gasteiger partial charge >= 0.3 is 0 Å². The van der Waals surface area contributed by atoms with Gasteiger partial charge in [-0.1, -0.05) is 23.7 Å². The zero-order valence-corrected chi connectivity index (χ0v) is 14.6. The van der Waals surface area contributed by atoms with Crippen LogP contribution in [0.4, 0.5) is 11.4 Å². The fraction of sp³-hybridized carbons (Fsp3) is 0.111. The van der Waals surface area contributed by atoms with Crippen LogP contribution in [0.3, 0.4) is 0 Å². The van der Waals surface area contributed by atoms with Gasteiger partial charge in [-0.25, -0.2) is 0 Å². The summed E-state index contributed by atoms with van der Waals surface area (Å²) in [5.74, 6) is -0.331. The average Bonchev–Trinajstić information content (AvgIpc) is 2.99. The molecule has 0 aliphatic carbocycles. The second kappa shape index (κ2) is 7.37. The first-order chi connectivity index (χ1) is 12.4. The molecule has 2 aromatic carbocycles. The summed E-state index contributed by atoms with van der Waals surface area (Å²) in [5.41, 5.74) is 2.36. The van der Waals surface area contributed by atoms with Crippen LogP contribution in [-0.4, -0.2) is 20.6 Å². The number of hydrogen-bond acceptors (Lipinski definition) is 4. The van der Waals surface area contributed by atoms with Gasteiger partial charge in [-0.15, -0.1) is 0 Å². The predicted octanol–water partition coefficient (Wildman–Crippen LogP) is 4.05. The second-order valence-electron chi connectivity index (χ2n) is 5.77. The van der Waals surface area contributed by atoms with Crippen molar-refractivity contribution in [3.63, 3.8) is 0 Å². The number of nitrogens with one attached hydrogen (secondary N) is 1. The number of carbonyl (C=O) groups excluding carboxylic acids is 1. The fourth-order valence-corrected chi connectivity index (χ4v) is 2.72. The van der Waals surface area contributed by atoms with E-state index in [2.05, 4.69) is 10.4 Å². The number of rotatable bonds is 5. The molecule has 0 unspecified atom stereocenters. The highest BCUT2D eigenvalue weighted by atomic mass is 35.5. The fourth-order valence-electron chi connectivity index (χ4n) is 2.56. The quantitative estimate of drug-likeness (QED) is 0.541. The van der Waals surface area contributed by atoms with Crippen molar-refractivity contribution in [2.24, 2.45) is 0 Å². The Kier molecular flexibility index (Phi) is 4.99. The van der Waals surface area contributed by atoms with Gasteiger partial charge in [-0.3, -0.25) is 19.6 Å². The van der Waals surface area contributed by atoms with Gasteiger partial charge in [-0.05, 0) is 36.8 Å². The molecule has 8 heteroatoms. The van der Waals surface area contributed by atoms with Gasteiger partial charge in [0.15, 0.2) is 0 Å². The zero-order chi connectivity index (χ0) is 18.7. The monoisotopic (exact) mass is 370 g/mol. The Balaban J connectivity index is 1.74. The lowest BCUT2D eigenvalue weighted by molar-refractivity contribution is -0.385. The van der Waals surface area contributed by atoms with Crippen LogP contribution < -0.4 is 5.32 Å². The van der Waals surface area contributed by atoms with Gasteiger partial charge < -0.3 is 5.32 Å². The lowest BCUT2D eigenvalue weighted by Gasteiger charge is -2.08. The molecule has 3 rings (SSSR count). The summed E-state index contributed by atoms with van der Waals surface area (Å²) in [4.78, 5) is 22.8. The van der Waals surface area contributed by atoms with Gasteiger partial charge in [0, 0.05) is 29.1 Å². The summed E-state index contributed by atoms with van der Waals surface area (Å²) in [5, 5.41) is 18.4. The Morgan fingerprint density at radius 1 is 1.31 bits per heavy atom. The molecule has 0 saturated heterocycles. The third-order valence-corrected chi connectivity index (χ3v) is 3.98. The number of aromatic nitrogens is 2. The van der Waals surface area contributed by atoms with E-state index in [0.717, 1.165) is 5.56 Å². The van der Waals surface area contributed by atoms with Crippen molar-refractivity contribution in [1.82, 2.24) is 9.78 Å². The molecule has 1 N–H and O–H groups in total. The minimum absolute atomic E-state index is 0.0126. The second-order valence-corrected chi connectivity index (χ2v) is 6.21. The Morgan fingerprint density at radius 3 is 2.77 bits per heavy atom. The summed E-state index contributed by atoms with van der Waals surface area (Å²) < 4.78 is 1.70. The standard InChI is InChI=1S/C18H15ClN4O3/c1-12-7-14(5-6-17(12)23(25)26)18(24)21-16-4-2-3-13(8-16)10-22-11-15(19)9-20-22/h2-9,11H,10H2,1H3,(H,21,24). The number of aryl methyl sites for hydroxylation is 1. The Hall–Kier alpha value is -3.19. The highest BCUT2D eigenvalue weighted by Gasteiger charge is 2.14. The van der Waals surface area contributed by atoms with Crippen LogP contribution in [0.25, 0.3) is 0 Å². The van der Waals surface area contributed by atoms with Crippen LogP contribution in [0.15, 0.2) is 54.9 Å². The predicted molar refractivity (Wildman–Crippen MR) is 98.6 cm³/mol. The molecular weight excluding hydrogens is 356 g/mol. The van der Waals surface area contributed by atoms with Crippen molar-refractivity contribution in [1.29, 1.82) is 0 Å². The molecule has 0 aliphatic heterocycles. The van der Waals surface area contributed by atoms with Crippen molar-refractivity contribution in [3.05, 3.63) is 86.7 Å². The van der Waals surface area contributed by atoms with Crippen molar-refractivity contribution in [2.45, 2.75) is 13.5 Å². The van der Waals surface area contributed by atoms with E-state index in [-0.39, 0.29) is 11.6 Å². The lowest BCUT2D eigenvalue weighted by Crippen LogP contribution is -2.12. The Labute approximate surface area is 154 Å². The molecule has 0 aliphatic rings. The van der Waals surface area contributed by atoms with Gasteiger partial charge in [0.25, 0.3) is 11.6 Å². The van der Waals surface area contributed by atoms with Crippen molar-refractivity contribution >= 4 is 28.9 Å². The number of anilines is 1. The SMILES string of the molecule is Cc1cc(C(=O)Nc2cccc(Cn3cc(Cl)cn3)c2)ccc1[N+](=O)[O-]. The molecule has 0 radical (unpaired) electrons. The van der Waals surface area contributed by atoms with Crippen LogP contribution >= 0.6 is 11.6 Å². The third-order valence-electron chi connectivity index (χ3n) is 3.79. The minimum atomic E-state index is -0.470. The molecule has 26 heavy (non-hydrogen) atoms. The van der Waals surface area contributed by atoms with Crippen LogP contribution in [0.5, 0.6) is 0 Å². The molecule has 132 valence electrons. The number of carbonyl (C=O) groups is 1. The van der Waals surface area contributed by atoms with E-state index in [4.69, 9.17) is 11.6 Å². The summed E-state index contributed by atoms with van der Waals surface area (Å²) in [7, 11) is 0. The zero-order valence-electron chi connectivity index (χ0n) is 13.8. The topological polar surface area (TPSA) is 90.1 Å². The number of amides is 1. The first kappa shape index (κ1) is 17.6. The maximum Gasteiger partial charge on any atom is 0.272 e. The molecule has 1 amide bonds. The van der Waals surface area contributed by atoms with E-state index >= 15 is 0 Å². The van der Waals surface area contributed by atoms with Crippen LogP contribution in [0.2, 0.25) is 5.02 Å². The molecule has 1 aromatic heterocycles. The van der Waals surface area contributed by atoms with Crippen molar-refractivity contribution in [2.75, 3.05) is 5.32 Å². The third kappa shape index (κ3) is 4.07. The average molecular weight is 371 g/mol. The van der Waals surface area contributed by atoms with Gasteiger partial charge in [0.1, 0.15) is 0 Å². The van der Waals surface area contributed by atoms with Crippen LogP contribution in [0.1, 0.15) is 21.5 Å². The van der Waals surface area contributed by atoms with Crippen LogP contribution in [0, 0.1) is 17.0 Å². The molecule has 0 fully saturated rings. The van der Waals surface area contributed by atoms with Gasteiger partial charge in [0.05, 0.1) is 22.7 Å². The summed E-state index contributed by atoms with van der Waals surface area (Å²) in [6.45, 7) is 2.12. The maximum absolute atomic E-state index is 12.4. The Bertz CT molecular complexity index is 984. The summed E-state index contributed by atoms with van der Waals surface area (Å²) in [6, 6.07) is 11.6. The van der Waals surface area contributed by atoms with E-state index in [9.17, 15) is 14.9 Å². The normalized spacial score (nSPS) is 10.5. The molecular formula is C18H15ClN4O3.